The number of amides is 5. The van der Waals surface area contributed by atoms with Gasteiger partial charge in [0.25, 0.3) is 0 Å². The van der Waals surface area contributed by atoms with Gasteiger partial charge >= 0.3 is 0 Å². The maximum atomic E-state index is 15.1. The summed E-state index contributed by atoms with van der Waals surface area (Å²) in [6, 6.07) is -3.07. The molecule has 0 aromatic carbocycles. The number of carbonyl (C=O) groups excluding carboxylic acids is 5. The topological polar surface area (TPSA) is 156 Å². The maximum absolute atomic E-state index is 15.1. The van der Waals surface area contributed by atoms with Crippen molar-refractivity contribution < 1.29 is 24.0 Å². The second-order valence-electron chi connectivity index (χ2n) is 21.0. The summed E-state index contributed by atoms with van der Waals surface area (Å²) in [4.78, 5) is 82.8. The van der Waals surface area contributed by atoms with E-state index in [-0.39, 0.29) is 41.0 Å². The Kier molecular flexibility index (Phi) is 15.0. The Labute approximate surface area is 350 Å². The number of hydrogen-bond donors (Lipinski definition) is 4. The minimum atomic E-state index is -1.27. The number of aliphatic imine (C=N–C) groups is 1. The van der Waals surface area contributed by atoms with Crippen LogP contribution in [0.15, 0.2) is 4.99 Å². The molecule has 0 aromatic rings. The van der Waals surface area contributed by atoms with Gasteiger partial charge in [0.1, 0.15) is 23.7 Å². The SMILES string of the molecule is C=NC1(CC)CC1(NC(=O)C1CC(C(C)(C)C2CCC2)CN1C(=O)C(NC(=O)C(NC(=O)C(CC)N(CC)C(C)C)C(C)(C)C)C(C)(C)C)C(=O)NCN1CCCC1. The van der Waals surface area contributed by atoms with E-state index in [0.717, 1.165) is 38.8 Å². The molecule has 7 atom stereocenters. The molecule has 2 saturated heterocycles. The highest BCUT2D eigenvalue weighted by Crippen LogP contribution is 2.54. The van der Waals surface area contributed by atoms with E-state index in [1.54, 1.807) is 4.90 Å². The Morgan fingerprint density at radius 3 is 1.88 bits per heavy atom. The van der Waals surface area contributed by atoms with Crippen LogP contribution in [0.1, 0.15) is 148 Å². The zero-order valence-electron chi connectivity index (χ0n) is 38.5. The summed E-state index contributed by atoms with van der Waals surface area (Å²) in [6.07, 6.45) is 7.47. The number of carbonyl (C=O) groups is 5. The average Bonchev–Trinajstić information content (AvgIpc) is 3.44. The lowest BCUT2D eigenvalue weighted by Gasteiger charge is -2.44. The van der Waals surface area contributed by atoms with E-state index in [0.29, 0.717) is 51.4 Å². The third kappa shape index (κ3) is 9.76. The summed E-state index contributed by atoms with van der Waals surface area (Å²) >= 11 is 0. The minimum Gasteiger partial charge on any atom is -0.342 e. The normalized spacial score (nSPS) is 27.1. The predicted molar refractivity (Wildman–Crippen MR) is 231 cm³/mol. The van der Waals surface area contributed by atoms with E-state index in [4.69, 9.17) is 0 Å². The van der Waals surface area contributed by atoms with Crippen molar-refractivity contribution in [2.75, 3.05) is 32.8 Å². The van der Waals surface area contributed by atoms with E-state index in [9.17, 15) is 19.2 Å². The van der Waals surface area contributed by atoms with Gasteiger partial charge in [-0.15, -0.1) is 0 Å². The lowest BCUT2D eigenvalue weighted by molar-refractivity contribution is -0.145. The van der Waals surface area contributed by atoms with E-state index in [1.807, 2.05) is 62.3 Å². The number of nitrogens with zero attached hydrogens (tertiary/aromatic N) is 4. The number of likely N-dealkylation sites (tertiary alicyclic amines) is 2. The van der Waals surface area contributed by atoms with Crippen molar-refractivity contribution in [2.45, 2.75) is 189 Å². The Bertz CT molecular complexity index is 1510. The minimum absolute atomic E-state index is 0.0245. The standard InChI is InChI=1S/C45H80N8O5/c1-15-32(52(17-3)29(4)5)36(54)48-34(41(6,7)8)38(56)49-35(42(9,10)11)39(57)53-26-31(43(12,13)30-21-20-22-30)25-33(53)37(55)50-45(27-44(45,16-2)46-14)40(58)47-28-51-23-18-19-24-51/h29-35H,14-28H2,1-13H3,(H,47,58)(H,48,54)(H,49,56)(H,50,55). The summed E-state index contributed by atoms with van der Waals surface area (Å²) in [5, 5.41) is 12.4. The van der Waals surface area contributed by atoms with Crippen LogP contribution >= 0.6 is 0 Å². The van der Waals surface area contributed by atoms with Crippen LogP contribution in [-0.4, -0.2) is 125 Å². The Morgan fingerprint density at radius 1 is 0.845 bits per heavy atom. The van der Waals surface area contributed by atoms with Crippen LogP contribution < -0.4 is 21.3 Å². The van der Waals surface area contributed by atoms with Crippen LogP contribution in [0.2, 0.25) is 0 Å². The first kappa shape index (κ1) is 47.6. The summed E-state index contributed by atoms with van der Waals surface area (Å²) in [5.74, 6) is -1.16. The fraction of sp³-hybridized carbons (Fsp3) is 0.867. The van der Waals surface area contributed by atoms with Gasteiger partial charge < -0.3 is 26.2 Å². The molecule has 4 N–H and O–H groups in total. The number of hydrogen-bond acceptors (Lipinski definition) is 8. The second kappa shape index (κ2) is 18.3. The summed E-state index contributed by atoms with van der Waals surface area (Å²) in [7, 11) is 0. The first-order valence-electron chi connectivity index (χ1n) is 22.4. The molecule has 4 fully saturated rings. The third-order valence-electron chi connectivity index (χ3n) is 14.5. The van der Waals surface area contributed by atoms with Crippen molar-refractivity contribution >= 4 is 36.3 Å². The van der Waals surface area contributed by atoms with Crippen molar-refractivity contribution in [2.24, 2.45) is 33.1 Å². The van der Waals surface area contributed by atoms with Gasteiger partial charge in [0.05, 0.1) is 18.2 Å². The molecule has 0 radical (unpaired) electrons. The highest BCUT2D eigenvalue weighted by atomic mass is 16.2. The van der Waals surface area contributed by atoms with E-state index in [2.05, 4.69) is 70.5 Å². The maximum Gasteiger partial charge on any atom is 0.249 e. The van der Waals surface area contributed by atoms with Crippen molar-refractivity contribution in [3.05, 3.63) is 0 Å². The Hall–Kier alpha value is -3.06. The van der Waals surface area contributed by atoms with Gasteiger partial charge in [-0.25, -0.2) is 0 Å². The second-order valence-corrected chi connectivity index (χ2v) is 21.0. The summed E-state index contributed by atoms with van der Waals surface area (Å²) in [5.41, 5.74) is -3.67. The van der Waals surface area contributed by atoms with Crippen molar-refractivity contribution in [1.82, 2.24) is 36.0 Å². The largest absolute Gasteiger partial charge is 0.342 e. The molecule has 330 valence electrons. The summed E-state index contributed by atoms with van der Waals surface area (Å²) in [6.45, 7) is 33.1. The Morgan fingerprint density at radius 2 is 1.43 bits per heavy atom. The van der Waals surface area contributed by atoms with Gasteiger partial charge in [0.15, 0.2) is 0 Å². The van der Waals surface area contributed by atoms with Crippen LogP contribution in [0, 0.1) is 28.1 Å². The molecular formula is C45H80N8O5. The zero-order valence-corrected chi connectivity index (χ0v) is 38.5. The van der Waals surface area contributed by atoms with Gasteiger partial charge in [0, 0.05) is 19.0 Å². The van der Waals surface area contributed by atoms with Crippen molar-refractivity contribution in [3.8, 4) is 0 Å². The monoisotopic (exact) mass is 813 g/mol. The van der Waals surface area contributed by atoms with Crippen LogP contribution in [0.25, 0.3) is 0 Å². The molecule has 2 saturated carbocycles. The molecule has 2 aliphatic carbocycles. The van der Waals surface area contributed by atoms with Crippen LogP contribution in [0.4, 0.5) is 0 Å². The van der Waals surface area contributed by atoms with E-state index < -0.39 is 52.0 Å². The molecule has 0 aromatic heterocycles. The molecule has 2 aliphatic heterocycles. The number of rotatable bonds is 18. The average molecular weight is 813 g/mol. The lowest BCUT2D eigenvalue weighted by atomic mass is 9.61. The van der Waals surface area contributed by atoms with Gasteiger partial charge in [-0.1, -0.05) is 82.6 Å². The molecule has 4 rings (SSSR count). The number of nitrogens with one attached hydrogen (secondary N) is 4. The van der Waals surface area contributed by atoms with Crippen LogP contribution in [0.5, 0.6) is 0 Å². The van der Waals surface area contributed by atoms with Gasteiger partial charge in [-0.2, -0.15) is 0 Å². The molecule has 2 heterocycles. The number of likely N-dealkylation sites (N-methyl/N-ethyl adjacent to an activating group) is 1. The van der Waals surface area contributed by atoms with Gasteiger partial charge in [0.2, 0.25) is 29.5 Å². The van der Waals surface area contributed by atoms with Crippen molar-refractivity contribution in [1.29, 1.82) is 0 Å². The molecule has 0 bridgehead atoms. The first-order chi connectivity index (χ1) is 26.9. The van der Waals surface area contributed by atoms with Crippen LogP contribution in [0.3, 0.4) is 0 Å². The molecule has 4 aliphatic rings. The molecular weight excluding hydrogens is 733 g/mol. The first-order valence-corrected chi connectivity index (χ1v) is 22.4. The summed E-state index contributed by atoms with van der Waals surface area (Å²) < 4.78 is 0. The zero-order chi connectivity index (χ0) is 43.6. The van der Waals surface area contributed by atoms with E-state index >= 15 is 4.79 Å². The molecule has 7 unspecified atom stereocenters. The van der Waals surface area contributed by atoms with Gasteiger partial charge in [-0.05, 0) is 113 Å². The molecule has 0 spiro atoms. The molecule has 58 heavy (non-hydrogen) atoms. The smallest absolute Gasteiger partial charge is 0.249 e. The van der Waals surface area contributed by atoms with E-state index in [1.165, 1.54) is 6.42 Å². The fourth-order valence-electron chi connectivity index (χ4n) is 10.0. The fourth-order valence-corrected chi connectivity index (χ4v) is 10.0. The Balaban J connectivity index is 1.65. The van der Waals surface area contributed by atoms with Gasteiger partial charge in [-0.3, -0.25) is 38.8 Å². The predicted octanol–water partition coefficient (Wildman–Crippen LogP) is 4.88. The lowest BCUT2D eigenvalue weighted by Crippen LogP contribution is -2.64. The highest BCUT2D eigenvalue weighted by Gasteiger charge is 2.73. The molecule has 13 nitrogen and oxygen atoms in total. The van der Waals surface area contributed by atoms with Crippen molar-refractivity contribution in [3.63, 3.8) is 0 Å². The van der Waals surface area contributed by atoms with Crippen LogP contribution in [-0.2, 0) is 24.0 Å². The third-order valence-corrected chi connectivity index (χ3v) is 14.5. The molecule has 5 amide bonds. The molecule has 13 heteroatoms. The highest BCUT2D eigenvalue weighted by molar-refractivity contribution is 6.00. The quantitative estimate of drug-likeness (QED) is 0.144.